The Morgan fingerprint density at radius 3 is 2.33 bits per heavy atom. The molecule has 0 spiro atoms. The van der Waals surface area contributed by atoms with Crippen LogP contribution in [0.4, 0.5) is 0 Å². The summed E-state index contributed by atoms with van der Waals surface area (Å²) in [5.41, 5.74) is 0.877. The van der Waals surface area contributed by atoms with E-state index in [9.17, 15) is 8.42 Å². The SMILES string of the molecule is CCC(N=S(=O)=O)c1ccc(OC)cc1. The van der Waals surface area contributed by atoms with E-state index in [0.717, 1.165) is 11.3 Å². The fourth-order valence-electron chi connectivity index (χ4n) is 1.30. The minimum Gasteiger partial charge on any atom is -0.497 e. The Labute approximate surface area is 90.6 Å². The quantitative estimate of drug-likeness (QED) is 0.792. The van der Waals surface area contributed by atoms with Crippen molar-refractivity contribution in [1.29, 1.82) is 0 Å². The summed E-state index contributed by atoms with van der Waals surface area (Å²) in [5.74, 6) is 0.747. The first-order valence-corrected chi connectivity index (χ1v) is 5.64. The zero-order chi connectivity index (χ0) is 11.3. The summed E-state index contributed by atoms with van der Waals surface area (Å²) >= 11 is 0. The highest BCUT2D eigenvalue weighted by Gasteiger charge is 2.07. The van der Waals surface area contributed by atoms with Gasteiger partial charge in [0.1, 0.15) is 5.75 Å². The van der Waals surface area contributed by atoms with E-state index >= 15 is 0 Å². The minimum absolute atomic E-state index is 0.297. The van der Waals surface area contributed by atoms with Gasteiger partial charge in [0.05, 0.1) is 13.2 Å². The average molecular weight is 227 g/mol. The highest BCUT2D eigenvalue weighted by Crippen LogP contribution is 2.23. The third-order valence-electron chi connectivity index (χ3n) is 2.10. The van der Waals surface area contributed by atoms with Crippen LogP contribution in [0.1, 0.15) is 24.9 Å². The summed E-state index contributed by atoms with van der Waals surface area (Å²) in [6, 6.07) is 6.93. The lowest BCUT2D eigenvalue weighted by Gasteiger charge is -2.08. The largest absolute Gasteiger partial charge is 0.497 e. The number of ether oxygens (including phenoxy) is 1. The molecule has 1 atom stereocenters. The Morgan fingerprint density at radius 2 is 1.93 bits per heavy atom. The Hall–Kier alpha value is -1.36. The van der Waals surface area contributed by atoms with Gasteiger partial charge in [-0.15, -0.1) is 0 Å². The predicted molar refractivity (Wildman–Crippen MR) is 57.4 cm³/mol. The molecule has 0 N–H and O–H groups in total. The predicted octanol–water partition coefficient (Wildman–Crippen LogP) is 2.21. The maximum atomic E-state index is 10.5. The van der Waals surface area contributed by atoms with Crippen LogP contribution in [0.3, 0.4) is 0 Å². The standard InChI is InChI=1S/C10H13NO3S/c1-3-10(11-15(12)13)8-4-6-9(14-2)7-5-8/h4-7,10H,3H2,1-2H3. The monoisotopic (exact) mass is 227 g/mol. The zero-order valence-corrected chi connectivity index (χ0v) is 9.49. The molecule has 15 heavy (non-hydrogen) atoms. The van der Waals surface area contributed by atoms with E-state index in [0.29, 0.717) is 6.42 Å². The average Bonchev–Trinajstić information content (AvgIpc) is 2.26. The summed E-state index contributed by atoms with van der Waals surface area (Å²) in [6.45, 7) is 1.89. The van der Waals surface area contributed by atoms with Crippen LogP contribution in [0, 0.1) is 0 Å². The van der Waals surface area contributed by atoms with Gasteiger partial charge in [0.2, 0.25) is 0 Å². The molecule has 0 saturated carbocycles. The second kappa shape index (κ2) is 5.50. The summed E-state index contributed by atoms with van der Waals surface area (Å²) < 4.78 is 29.6. The van der Waals surface area contributed by atoms with Gasteiger partial charge in [-0.1, -0.05) is 19.1 Å². The van der Waals surface area contributed by atoms with Crippen molar-refractivity contribution < 1.29 is 13.2 Å². The van der Waals surface area contributed by atoms with Crippen LogP contribution in [0.2, 0.25) is 0 Å². The first-order valence-electron chi connectivity index (χ1n) is 4.61. The normalized spacial score (nSPS) is 11.9. The number of benzene rings is 1. The van der Waals surface area contributed by atoms with Crippen molar-refractivity contribution in [3.8, 4) is 5.75 Å². The molecule has 82 valence electrons. The summed E-state index contributed by atoms with van der Waals surface area (Å²) in [7, 11) is -0.773. The highest BCUT2D eigenvalue weighted by molar-refractivity contribution is 7.61. The van der Waals surface area contributed by atoms with Crippen LogP contribution in [-0.4, -0.2) is 15.5 Å². The van der Waals surface area contributed by atoms with Crippen molar-refractivity contribution in [3.63, 3.8) is 0 Å². The molecule has 1 aromatic rings. The van der Waals surface area contributed by atoms with Crippen molar-refractivity contribution in [2.24, 2.45) is 4.36 Å². The lowest BCUT2D eigenvalue weighted by Crippen LogP contribution is -1.93. The van der Waals surface area contributed by atoms with Crippen molar-refractivity contribution in [2.75, 3.05) is 7.11 Å². The van der Waals surface area contributed by atoms with Crippen LogP contribution < -0.4 is 4.74 Å². The smallest absolute Gasteiger partial charge is 0.311 e. The molecule has 0 amide bonds. The van der Waals surface area contributed by atoms with E-state index in [1.54, 1.807) is 19.2 Å². The van der Waals surface area contributed by atoms with E-state index in [4.69, 9.17) is 4.74 Å². The van der Waals surface area contributed by atoms with Gasteiger partial charge < -0.3 is 4.74 Å². The Kier molecular flexibility index (Phi) is 4.30. The molecule has 0 radical (unpaired) electrons. The highest BCUT2D eigenvalue weighted by atomic mass is 32.2. The zero-order valence-electron chi connectivity index (χ0n) is 8.67. The molecule has 0 aliphatic rings. The molecule has 0 saturated heterocycles. The maximum Gasteiger partial charge on any atom is 0.311 e. The maximum absolute atomic E-state index is 10.5. The lowest BCUT2D eigenvalue weighted by atomic mass is 10.1. The third-order valence-corrected chi connectivity index (χ3v) is 2.53. The summed E-state index contributed by atoms with van der Waals surface area (Å²) in [6.07, 6.45) is 0.653. The van der Waals surface area contributed by atoms with E-state index in [2.05, 4.69) is 4.36 Å². The van der Waals surface area contributed by atoms with E-state index in [-0.39, 0.29) is 6.04 Å². The molecule has 0 fully saturated rings. The fourth-order valence-corrected chi connectivity index (χ4v) is 1.78. The lowest BCUT2D eigenvalue weighted by molar-refractivity contribution is 0.414. The number of hydrogen-bond acceptors (Lipinski definition) is 4. The molecular weight excluding hydrogens is 214 g/mol. The number of methoxy groups -OCH3 is 1. The Morgan fingerprint density at radius 1 is 1.33 bits per heavy atom. The van der Waals surface area contributed by atoms with Gasteiger partial charge in [-0.25, -0.2) is 0 Å². The first-order chi connectivity index (χ1) is 7.17. The third kappa shape index (κ3) is 3.36. The van der Waals surface area contributed by atoms with Crippen LogP contribution >= 0.6 is 0 Å². The van der Waals surface area contributed by atoms with Crippen LogP contribution in [0.25, 0.3) is 0 Å². The molecular formula is C10H13NO3S. The van der Waals surface area contributed by atoms with Crippen molar-refractivity contribution >= 4 is 10.5 Å². The summed E-state index contributed by atoms with van der Waals surface area (Å²) in [5, 5.41) is 0. The minimum atomic E-state index is -2.36. The van der Waals surface area contributed by atoms with Gasteiger partial charge in [0, 0.05) is 0 Å². The van der Waals surface area contributed by atoms with E-state index in [1.807, 2.05) is 19.1 Å². The van der Waals surface area contributed by atoms with Gasteiger partial charge in [0.15, 0.2) is 0 Å². The molecule has 0 aromatic heterocycles. The second-order valence-electron chi connectivity index (χ2n) is 3.02. The molecule has 0 bridgehead atoms. The van der Waals surface area contributed by atoms with Crippen molar-refractivity contribution in [1.82, 2.24) is 0 Å². The number of nitrogens with zero attached hydrogens (tertiary/aromatic N) is 1. The molecule has 0 heterocycles. The number of hydrogen-bond donors (Lipinski definition) is 0. The molecule has 1 rings (SSSR count). The molecule has 4 nitrogen and oxygen atoms in total. The second-order valence-corrected chi connectivity index (χ2v) is 3.66. The number of rotatable bonds is 4. The van der Waals surface area contributed by atoms with E-state index < -0.39 is 10.5 Å². The first kappa shape index (κ1) is 11.7. The molecule has 0 aliphatic heterocycles. The van der Waals surface area contributed by atoms with Gasteiger partial charge in [-0.05, 0) is 24.1 Å². The Bertz CT molecular complexity index is 428. The van der Waals surface area contributed by atoms with Gasteiger partial charge in [0.25, 0.3) is 0 Å². The summed E-state index contributed by atoms with van der Waals surface area (Å²) in [4.78, 5) is 0. The Balaban J connectivity index is 2.98. The van der Waals surface area contributed by atoms with Crippen LogP contribution in [0.5, 0.6) is 5.75 Å². The van der Waals surface area contributed by atoms with Crippen molar-refractivity contribution in [2.45, 2.75) is 19.4 Å². The van der Waals surface area contributed by atoms with Gasteiger partial charge >= 0.3 is 10.5 Å². The topological polar surface area (TPSA) is 55.7 Å². The van der Waals surface area contributed by atoms with Crippen molar-refractivity contribution in [3.05, 3.63) is 29.8 Å². The van der Waals surface area contributed by atoms with E-state index in [1.165, 1.54) is 0 Å². The van der Waals surface area contributed by atoms with Gasteiger partial charge in [-0.2, -0.15) is 12.8 Å². The van der Waals surface area contributed by atoms with Crippen LogP contribution in [0.15, 0.2) is 28.6 Å². The molecule has 0 aliphatic carbocycles. The molecule has 1 aromatic carbocycles. The van der Waals surface area contributed by atoms with Crippen LogP contribution in [-0.2, 0) is 10.5 Å². The van der Waals surface area contributed by atoms with Gasteiger partial charge in [-0.3, -0.25) is 0 Å². The fraction of sp³-hybridized carbons (Fsp3) is 0.400. The molecule has 5 heteroatoms. The molecule has 1 unspecified atom stereocenters.